The van der Waals surface area contributed by atoms with E-state index < -0.39 is 0 Å². The summed E-state index contributed by atoms with van der Waals surface area (Å²) in [6, 6.07) is 0. The lowest BCUT2D eigenvalue weighted by Crippen LogP contribution is -2.31. The smallest absolute Gasteiger partial charge is 0.319 e. The highest BCUT2D eigenvalue weighted by Crippen LogP contribution is 1.93. The van der Waals surface area contributed by atoms with E-state index in [1.54, 1.807) is 7.11 Å². The fourth-order valence-electron chi connectivity index (χ4n) is 1.23. The molecule has 0 aromatic heterocycles. The molecule has 0 spiro atoms. The quantitative estimate of drug-likeness (QED) is 0.407. The average molecular weight is 233 g/mol. The Balaban J connectivity index is 3.44. The number of ether oxygens (including phenoxy) is 3. The molecule has 96 valence electrons. The van der Waals surface area contributed by atoms with Crippen LogP contribution in [0.15, 0.2) is 0 Å². The number of hydrogen-bond acceptors (Lipinski definition) is 5. The minimum Gasteiger partial charge on any atom is -0.468 e. The summed E-state index contributed by atoms with van der Waals surface area (Å²) in [4.78, 5) is 13.1. The van der Waals surface area contributed by atoms with E-state index in [9.17, 15) is 4.79 Å². The third kappa shape index (κ3) is 8.64. The molecule has 0 rings (SSSR count). The third-order valence-corrected chi connectivity index (χ3v) is 2.22. The Morgan fingerprint density at radius 3 is 2.50 bits per heavy atom. The molecule has 0 aliphatic heterocycles. The summed E-state index contributed by atoms with van der Waals surface area (Å²) >= 11 is 0. The Hall–Kier alpha value is -0.650. The number of hydrogen-bond donors (Lipinski definition) is 0. The fraction of sp³-hybridized carbons (Fsp3) is 0.909. The van der Waals surface area contributed by atoms with E-state index in [0.29, 0.717) is 26.4 Å². The first-order valence-electron chi connectivity index (χ1n) is 5.60. The van der Waals surface area contributed by atoms with Crippen LogP contribution in [0.3, 0.4) is 0 Å². The van der Waals surface area contributed by atoms with Gasteiger partial charge in [-0.2, -0.15) is 0 Å². The van der Waals surface area contributed by atoms with Crippen LogP contribution >= 0.6 is 0 Å². The highest BCUT2D eigenvalue weighted by Gasteiger charge is 2.07. The van der Waals surface area contributed by atoms with Gasteiger partial charge in [-0.25, -0.2) is 0 Å². The molecule has 16 heavy (non-hydrogen) atoms. The van der Waals surface area contributed by atoms with E-state index in [4.69, 9.17) is 9.47 Å². The molecule has 5 heteroatoms. The Morgan fingerprint density at radius 2 is 1.94 bits per heavy atom. The van der Waals surface area contributed by atoms with E-state index in [-0.39, 0.29) is 5.97 Å². The number of esters is 1. The topological polar surface area (TPSA) is 48.0 Å². The second kappa shape index (κ2) is 10.9. The number of likely N-dealkylation sites (N-methyl/N-ethyl adjacent to an activating group) is 1. The maximum absolute atomic E-state index is 11.0. The van der Waals surface area contributed by atoms with Crippen molar-refractivity contribution in [2.24, 2.45) is 0 Å². The molecule has 0 fully saturated rings. The van der Waals surface area contributed by atoms with Crippen LogP contribution in [0, 0.1) is 0 Å². The van der Waals surface area contributed by atoms with Gasteiger partial charge in [0.05, 0.1) is 26.9 Å². The van der Waals surface area contributed by atoms with Crippen molar-refractivity contribution < 1.29 is 19.0 Å². The molecule has 0 saturated carbocycles. The van der Waals surface area contributed by atoms with Crippen LogP contribution in [0.4, 0.5) is 0 Å². The second-order valence-electron chi connectivity index (χ2n) is 3.40. The standard InChI is InChI=1S/C11H23NO4/c1-4-12(10-11(13)15-3)6-5-7-16-9-8-14-2/h4-10H2,1-3H3. The Morgan fingerprint density at radius 1 is 1.19 bits per heavy atom. The number of carbonyl (C=O) groups excluding carboxylic acids is 1. The van der Waals surface area contributed by atoms with Gasteiger partial charge >= 0.3 is 5.97 Å². The van der Waals surface area contributed by atoms with Crippen molar-refractivity contribution in [2.45, 2.75) is 13.3 Å². The summed E-state index contributed by atoms with van der Waals surface area (Å²) in [6.07, 6.45) is 0.911. The maximum Gasteiger partial charge on any atom is 0.319 e. The largest absolute Gasteiger partial charge is 0.468 e. The van der Waals surface area contributed by atoms with Crippen molar-refractivity contribution in [2.75, 3.05) is 53.7 Å². The summed E-state index contributed by atoms with van der Waals surface area (Å²) in [7, 11) is 3.06. The number of rotatable bonds is 10. The first kappa shape index (κ1) is 15.3. The van der Waals surface area contributed by atoms with Crippen molar-refractivity contribution >= 4 is 5.97 Å². The lowest BCUT2D eigenvalue weighted by atomic mass is 10.4. The highest BCUT2D eigenvalue weighted by molar-refractivity contribution is 5.71. The van der Waals surface area contributed by atoms with Gasteiger partial charge in [0, 0.05) is 20.3 Å². The zero-order chi connectivity index (χ0) is 12.2. The zero-order valence-electron chi connectivity index (χ0n) is 10.5. The van der Waals surface area contributed by atoms with Gasteiger partial charge in [-0.1, -0.05) is 6.92 Å². The Labute approximate surface area is 97.7 Å². The van der Waals surface area contributed by atoms with E-state index >= 15 is 0 Å². The van der Waals surface area contributed by atoms with Crippen molar-refractivity contribution in [3.63, 3.8) is 0 Å². The molecule has 0 atom stereocenters. The molecule has 0 heterocycles. The highest BCUT2D eigenvalue weighted by atomic mass is 16.5. The fourth-order valence-corrected chi connectivity index (χ4v) is 1.23. The van der Waals surface area contributed by atoms with Crippen LogP contribution in [0.2, 0.25) is 0 Å². The normalized spacial score (nSPS) is 10.8. The number of methoxy groups -OCH3 is 2. The number of nitrogens with zero attached hydrogens (tertiary/aromatic N) is 1. The third-order valence-electron chi connectivity index (χ3n) is 2.22. The molecule has 0 saturated heterocycles. The maximum atomic E-state index is 11.0. The lowest BCUT2D eigenvalue weighted by molar-refractivity contribution is -0.141. The monoisotopic (exact) mass is 233 g/mol. The van der Waals surface area contributed by atoms with E-state index in [0.717, 1.165) is 19.5 Å². The molecule has 0 aliphatic carbocycles. The molecule has 0 bridgehead atoms. The van der Waals surface area contributed by atoms with Crippen molar-refractivity contribution in [1.82, 2.24) is 4.90 Å². The average Bonchev–Trinajstić information content (AvgIpc) is 2.31. The summed E-state index contributed by atoms with van der Waals surface area (Å²) in [6.45, 7) is 6.01. The predicted octanol–water partition coefficient (Wildman–Crippen LogP) is 0.534. The Kier molecular flexibility index (Phi) is 10.4. The summed E-state index contributed by atoms with van der Waals surface area (Å²) in [5, 5.41) is 0. The van der Waals surface area contributed by atoms with Gasteiger partial charge in [0.1, 0.15) is 0 Å². The van der Waals surface area contributed by atoms with Gasteiger partial charge in [0.2, 0.25) is 0 Å². The summed E-state index contributed by atoms with van der Waals surface area (Å²) in [5.74, 6) is -0.192. The van der Waals surface area contributed by atoms with Crippen LogP contribution in [-0.2, 0) is 19.0 Å². The zero-order valence-corrected chi connectivity index (χ0v) is 10.5. The van der Waals surface area contributed by atoms with Crippen LogP contribution in [-0.4, -0.2) is 64.5 Å². The predicted molar refractivity (Wildman–Crippen MR) is 61.4 cm³/mol. The molecule has 0 aliphatic rings. The minimum atomic E-state index is -0.192. The molecular weight excluding hydrogens is 210 g/mol. The molecule has 0 aromatic rings. The second-order valence-corrected chi connectivity index (χ2v) is 3.40. The molecule has 0 unspecified atom stereocenters. The Bertz CT molecular complexity index is 175. The van der Waals surface area contributed by atoms with E-state index in [1.165, 1.54) is 7.11 Å². The summed E-state index contributed by atoms with van der Waals surface area (Å²) in [5.41, 5.74) is 0. The SMILES string of the molecule is CCN(CCCOCCOC)CC(=O)OC. The van der Waals surface area contributed by atoms with Crippen LogP contribution in [0.5, 0.6) is 0 Å². The first-order valence-corrected chi connectivity index (χ1v) is 5.60. The van der Waals surface area contributed by atoms with Gasteiger partial charge in [0.15, 0.2) is 0 Å². The van der Waals surface area contributed by atoms with Gasteiger partial charge in [0.25, 0.3) is 0 Å². The van der Waals surface area contributed by atoms with Gasteiger partial charge in [-0.05, 0) is 13.0 Å². The molecule has 0 amide bonds. The van der Waals surface area contributed by atoms with Crippen molar-refractivity contribution in [3.05, 3.63) is 0 Å². The molecule has 0 aromatic carbocycles. The van der Waals surface area contributed by atoms with Gasteiger partial charge < -0.3 is 14.2 Å². The lowest BCUT2D eigenvalue weighted by Gasteiger charge is -2.18. The van der Waals surface area contributed by atoms with Gasteiger partial charge in [-0.15, -0.1) is 0 Å². The number of carbonyl (C=O) groups is 1. The van der Waals surface area contributed by atoms with Crippen LogP contribution in [0.1, 0.15) is 13.3 Å². The van der Waals surface area contributed by atoms with Crippen molar-refractivity contribution in [1.29, 1.82) is 0 Å². The molecule has 0 radical (unpaired) electrons. The van der Waals surface area contributed by atoms with Crippen LogP contribution in [0.25, 0.3) is 0 Å². The molecule has 0 N–H and O–H groups in total. The van der Waals surface area contributed by atoms with Gasteiger partial charge in [-0.3, -0.25) is 9.69 Å². The van der Waals surface area contributed by atoms with Crippen LogP contribution < -0.4 is 0 Å². The first-order chi connectivity index (χ1) is 7.74. The van der Waals surface area contributed by atoms with E-state index in [2.05, 4.69) is 4.74 Å². The van der Waals surface area contributed by atoms with Crippen molar-refractivity contribution in [3.8, 4) is 0 Å². The van der Waals surface area contributed by atoms with E-state index in [1.807, 2.05) is 11.8 Å². The molecular formula is C11H23NO4. The minimum absolute atomic E-state index is 0.192. The molecule has 5 nitrogen and oxygen atoms in total. The summed E-state index contributed by atoms with van der Waals surface area (Å²) < 4.78 is 14.8.